The van der Waals surface area contributed by atoms with Gasteiger partial charge in [0.05, 0.1) is 6.42 Å². The van der Waals surface area contributed by atoms with E-state index >= 15 is 0 Å². The Balaban J connectivity index is 2.22. The standard InChI is InChI=1S/C19H20O4/c1-2-3-10-15-11-7-12-16(19(21)22)18(15)23-17(20)13-14-8-5-4-6-9-14/h4-9,11-12H,2-3,10,13H2,1H3,(H,21,22). The first-order chi connectivity index (χ1) is 11.1. The van der Waals surface area contributed by atoms with Gasteiger partial charge >= 0.3 is 11.9 Å². The number of para-hydroxylation sites is 1. The minimum Gasteiger partial charge on any atom is -0.478 e. The molecular formula is C19H20O4. The van der Waals surface area contributed by atoms with Gasteiger partial charge in [-0.1, -0.05) is 55.8 Å². The maximum Gasteiger partial charge on any atom is 0.339 e. The predicted molar refractivity (Wildman–Crippen MR) is 87.8 cm³/mol. The van der Waals surface area contributed by atoms with Gasteiger partial charge in [0.1, 0.15) is 11.3 Å². The number of carboxylic acids is 1. The molecule has 0 saturated heterocycles. The third-order valence-electron chi connectivity index (χ3n) is 3.53. The molecule has 0 aliphatic heterocycles. The van der Waals surface area contributed by atoms with Crippen LogP contribution in [-0.2, 0) is 17.6 Å². The lowest BCUT2D eigenvalue weighted by molar-refractivity contribution is -0.133. The first kappa shape index (κ1) is 16.7. The van der Waals surface area contributed by atoms with Gasteiger partial charge in [0.2, 0.25) is 0 Å². The van der Waals surface area contributed by atoms with Crippen molar-refractivity contribution in [1.29, 1.82) is 0 Å². The molecule has 0 fully saturated rings. The zero-order valence-electron chi connectivity index (χ0n) is 13.1. The number of carbonyl (C=O) groups is 2. The molecule has 0 saturated carbocycles. The second-order valence-corrected chi connectivity index (χ2v) is 5.34. The first-order valence-electron chi connectivity index (χ1n) is 7.71. The molecule has 0 aromatic heterocycles. The normalized spacial score (nSPS) is 10.3. The van der Waals surface area contributed by atoms with Crippen molar-refractivity contribution >= 4 is 11.9 Å². The van der Waals surface area contributed by atoms with Crippen molar-refractivity contribution in [2.75, 3.05) is 0 Å². The van der Waals surface area contributed by atoms with Crippen LogP contribution < -0.4 is 4.74 Å². The summed E-state index contributed by atoms with van der Waals surface area (Å²) in [5.74, 6) is -1.37. The van der Waals surface area contributed by atoms with Gasteiger partial charge in [-0.05, 0) is 30.0 Å². The van der Waals surface area contributed by atoms with Crippen LogP contribution in [0.15, 0.2) is 48.5 Å². The Morgan fingerprint density at radius 2 is 1.78 bits per heavy atom. The molecule has 0 unspecified atom stereocenters. The number of hydrogen-bond donors (Lipinski definition) is 1. The van der Waals surface area contributed by atoms with Crippen LogP contribution in [-0.4, -0.2) is 17.0 Å². The minimum atomic E-state index is -1.09. The van der Waals surface area contributed by atoms with E-state index in [-0.39, 0.29) is 17.7 Å². The molecule has 1 N–H and O–H groups in total. The van der Waals surface area contributed by atoms with E-state index in [1.54, 1.807) is 6.07 Å². The van der Waals surface area contributed by atoms with E-state index in [1.807, 2.05) is 36.4 Å². The number of aromatic carboxylic acids is 1. The Labute approximate surface area is 135 Å². The summed E-state index contributed by atoms with van der Waals surface area (Å²) in [6.45, 7) is 2.06. The third kappa shape index (κ3) is 4.68. The highest BCUT2D eigenvalue weighted by atomic mass is 16.5. The molecule has 0 amide bonds. The van der Waals surface area contributed by atoms with Crippen LogP contribution in [0.1, 0.15) is 41.3 Å². The van der Waals surface area contributed by atoms with Crippen molar-refractivity contribution < 1.29 is 19.4 Å². The zero-order valence-corrected chi connectivity index (χ0v) is 13.1. The first-order valence-corrected chi connectivity index (χ1v) is 7.71. The van der Waals surface area contributed by atoms with Crippen LogP contribution in [0.3, 0.4) is 0 Å². The van der Waals surface area contributed by atoms with Gasteiger partial charge in [-0.25, -0.2) is 4.79 Å². The number of aryl methyl sites for hydroxylation is 1. The molecule has 2 aromatic rings. The molecule has 2 rings (SSSR count). The molecule has 0 spiro atoms. The fourth-order valence-electron chi connectivity index (χ4n) is 2.35. The molecule has 0 bridgehead atoms. The largest absolute Gasteiger partial charge is 0.478 e. The Kier molecular flexibility index (Phi) is 5.92. The summed E-state index contributed by atoms with van der Waals surface area (Å²) < 4.78 is 5.42. The second-order valence-electron chi connectivity index (χ2n) is 5.34. The van der Waals surface area contributed by atoms with Crippen molar-refractivity contribution in [3.8, 4) is 5.75 Å². The van der Waals surface area contributed by atoms with Crippen LogP contribution in [0.2, 0.25) is 0 Å². The van der Waals surface area contributed by atoms with Crippen molar-refractivity contribution in [1.82, 2.24) is 0 Å². The maximum atomic E-state index is 12.2. The molecule has 0 radical (unpaired) electrons. The minimum absolute atomic E-state index is 0.0278. The quantitative estimate of drug-likeness (QED) is 0.622. The van der Waals surface area contributed by atoms with Crippen LogP contribution >= 0.6 is 0 Å². The molecule has 4 nitrogen and oxygen atoms in total. The molecule has 0 aliphatic rings. The summed E-state index contributed by atoms with van der Waals surface area (Å²) in [5.41, 5.74) is 1.62. The second kappa shape index (κ2) is 8.13. The average Bonchev–Trinajstić information content (AvgIpc) is 2.54. The summed E-state index contributed by atoms with van der Waals surface area (Å²) in [4.78, 5) is 23.6. The Morgan fingerprint density at radius 3 is 2.43 bits per heavy atom. The van der Waals surface area contributed by atoms with E-state index < -0.39 is 11.9 Å². The summed E-state index contributed by atoms with van der Waals surface area (Å²) in [6.07, 6.45) is 2.69. The fourth-order valence-corrected chi connectivity index (χ4v) is 2.35. The summed E-state index contributed by atoms with van der Waals surface area (Å²) >= 11 is 0. The number of unbranched alkanes of at least 4 members (excludes halogenated alkanes) is 1. The summed E-state index contributed by atoms with van der Waals surface area (Å²) in [7, 11) is 0. The van der Waals surface area contributed by atoms with E-state index in [4.69, 9.17) is 4.74 Å². The third-order valence-corrected chi connectivity index (χ3v) is 3.53. The highest BCUT2D eigenvalue weighted by molar-refractivity contribution is 5.92. The highest BCUT2D eigenvalue weighted by Gasteiger charge is 2.18. The predicted octanol–water partition coefficient (Wildman–Crippen LogP) is 3.88. The van der Waals surface area contributed by atoms with Crippen LogP contribution in [0.4, 0.5) is 0 Å². The summed E-state index contributed by atoms with van der Waals surface area (Å²) in [5, 5.41) is 9.33. The number of carboxylic acid groups (broad SMARTS) is 1. The van der Waals surface area contributed by atoms with Crippen LogP contribution in [0, 0.1) is 0 Å². The lowest BCUT2D eigenvalue weighted by Crippen LogP contribution is -2.15. The van der Waals surface area contributed by atoms with E-state index in [9.17, 15) is 14.7 Å². The van der Waals surface area contributed by atoms with Crippen molar-refractivity contribution in [2.45, 2.75) is 32.6 Å². The number of rotatable bonds is 7. The number of esters is 1. The molecule has 23 heavy (non-hydrogen) atoms. The SMILES string of the molecule is CCCCc1cccc(C(=O)O)c1OC(=O)Cc1ccccc1. The monoisotopic (exact) mass is 312 g/mol. The van der Waals surface area contributed by atoms with Crippen LogP contribution in [0.25, 0.3) is 0 Å². The van der Waals surface area contributed by atoms with E-state index in [2.05, 4.69) is 6.92 Å². The van der Waals surface area contributed by atoms with Gasteiger partial charge in [0.15, 0.2) is 0 Å². The van der Waals surface area contributed by atoms with E-state index in [0.717, 1.165) is 24.0 Å². The van der Waals surface area contributed by atoms with Gasteiger partial charge in [-0.15, -0.1) is 0 Å². The fraction of sp³-hybridized carbons (Fsp3) is 0.263. The lowest BCUT2D eigenvalue weighted by Gasteiger charge is -2.12. The molecule has 4 heteroatoms. The summed E-state index contributed by atoms with van der Waals surface area (Å²) in [6, 6.07) is 14.2. The Hall–Kier alpha value is -2.62. The number of carbonyl (C=O) groups excluding carboxylic acids is 1. The molecule has 0 heterocycles. The maximum absolute atomic E-state index is 12.2. The van der Waals surface area contributed by atoms with Crippen molar-refractivity contribution in [2.24, 2.45) is 0 Å². The molecular weight excluding hydrogens is 292 g/mol. The average molecular weight is 312 g/mol. The lowest BCUT2D eigenvalue weighted by atomic mass is 10.0. The Morgan fingerprint density at radius 1 is 1.04 bits per heavy atom. The van der Waals surface area contributed by atoms with Gasteiger partial charge in [-0.2, -0.15) is 0 Å². The number of benzene rings is 2. The van der Waals surface area contributed by atoms with Gasteiger partial charge < -0.3 is 9.84 Å². The smallest absolute Gasteiger partial charge is 0.339 e. The zero-order chi connectivity index (χ0) is 16.7. The topological polar surface area (TPSA) is 63.6 Å². The molecule has 0 atom stereocenters. The van der Waals surface area contributed by atoms with Gasteiger partial charge in [0, 0.05) is 0 Å². The van der Waals surface area contributed by atoms with Crippen LogP contribution in [0.5, 0.6) is 5.75 Å². The van der Waals surface area contributed by atoms with E-state index in [1.165, 1.54) is 6.07 Å². The van der Waals surface area contributed by atoms with Crippen molar-refractivity contribution in [3.05, 3.63) is 65.2 Å². The molecule has 120 valence electrons. The Bertz CT molecular complexity index is 677. The van der Waals surface area contributed by atoms with Gasteiger partial charge in [0.25, 0.3) is 0 Å². The molecule has 2 aromatic carbocycles. The number of ether oxygens (including phenoxy) is 1. The number of hydrogen-bond acceptors (Lipinski definition) is 3. The molecule has 0 aliphatic carbocycles. The highest BCUT2D eigenvalue weighted by Crippen LogP contribution is 2.26. The van der Waals surface area contributed by atoms with Gasteiger partial charge in [-0.3, -0.25) is 4.79 Å². The van der Waals surface area contributed by atoms with E-state index in [0.29, 0.717) is 6.42 Å². The van der Waals surface area contributed by atoms with Crippen molar-refractivity contribution in [3.63, 3.8) is 0 Å².